The molecule has 0 spiro atoms. The molecule has 1 aliphatic rings. The van der Waals surface area contributed by atoms with E-state index < -0.39 is 6.04 Å². The number of methoxy groups -OCH3 is 1. The van der Waals surface area contributed by atoms with Gasteiger partial charge in [0.1, 0.15) is 11.8 Å². The van der Waals surface area contributed by atoms with Crippen LogP contribution in [0.15, 0.2) is 48.5 Å². The molecule has 2 amide bonds. The van der Waals surface area contributed by atoms with Crippen LogP contribution in [0.25, 0.3) is 0 Å². The molecular formula is C26H32N2O4. The number of carbonyl (C=O) groups excluding carboxylic acids is 3. The van der Waals surface area contributed by atoms with Crippen molar-refractivity contribution in [2.45, 2.75) is 39.7 Å². The van der Waals surface area contributed by atoms with Crippen molar-refractivity contribution >= 4 is 17.6 Å². The van der Waals surface area contributed by atoms with E-state index in [4.69, 9.17) is 4.74 Å². The smallest absolute Gasteiger partial charge is 0.251 e. The van der Waals surface area contributed by atoms with Gasteiger partial charge in [-0.05, 0) is 62.1 Å². The van der Waals surface area contributed by atoms with Crippen LogP contribution in [-0.2, 0) is 4.79 Å². The zero-order valence-electron chi connectivity index (χ0n) is 19.3. The lowest BCUT2D eigenvalue weighted by molar-refractivity contribution is -0.135. The highest BCUT2D eigenvalue weighted by Crippen LogP contribution is 2.24. The van der Waals surface area contributed by atoms with Crippen LogP contribution in [0.2, 0.25) is 0 Å². The monoisotopic (exact) mass is 436 g/mol. The lowest BCUT2D eigenvalue weighted by Crippen LogP contribution is -2.53. The number of likely N-dealkylation sites (tertiary alicyclic amines) is 1. The summed E-state index contributed by atoms with van der Waals surface area (Å²) in [5.74, 6) is 0.339. The SMILES string of the molecule is COc1ccc(C(=O)C2CCN(C(=O)C(NC(=O)c3cccc(C)c3)C(C)C)CC2)cc1. The zero-order chi connectivity index (χ0) is 23.3. The van der Waals surface area contributed by atoms with E-state index in [-0.39, 0.29) is 29.4 Å². The van der Waals surface area contributed by atoms with Crippen molar-refractivity contribution in [3.63, 3.8) is 0 Å². The van der Waals surface area contributed by atoms with Gasteiger partial charge >= 0.3 is 0 Å². The number of piperidine rings is 1. The molecule has 1 atom stereocenters. The minimum Gasteiger partial charge on any atom is -0.497 e. The highest BCUT2D eigenvalue weighted by atomic mass is 16.5. The number of amides is 2. The summed E-state index contributed by atoms with van der Waals surface area (Å²) in [6, 6.07) is 13.9. The lowest BCUT2D eigenvalue weighted by Gasteiger charge is -2.35. The van der Waals surface area contributed by atoms with E-state index in [1.165, 1.54) is 0 Å². The fourth-order valence-corrected chi connectivity index (χ4v) is 4.07. The van der Waals surface area contributed by atoms with E-state index in [9.17, 15) is 14.4 Å². The fraction of sp³-hybridized carbons (Fsp3) is 0.423. The van der Waals surface area contributed by atoms with Crippen LogP contribution in [0, 0.1) is 18.8 Å². The molecule has 0 radical (unpaired) electrons. The molecule has 0 bridgehead atoms. The Morgan fingerprint density at radius 2 is 1.66 bits per heavy atom. The van der Waals surface area contributed by atoms with Crippen LogP contribution < -0.4 is 10.1 Å². The number of carbonyl (C=O) groups is 3. The van der Waals surface area contributed by atoms with Gasteiger partial charge in [0.15, 0.2) is 5.78 Å². The molecule has 6 nitrogen and oxygen atoms in total. The maximum absolute atomic E-state index is 13.2. The molecule has 1 heterocycles. The zero-order valence-corrected chi connectivity index (χ0v) is 19.3. The molecule has 1 saturated heterocycles. The minimum atomic E-state index is -0.600. The van der Waals surface area contributed by atoms with Crippen molar-refractivity contribution in [3.05, 3.63) is 65.2 Å². The standard InChI is InChI=1S/C26H32N2O4/c1-17(2)23(27-25(30)21-7-5-6-18(3)16-21)26(31)28-14-12-20(13-15-28)24(29)19-8-10-22(32-4)11-9-19/h5-11,16-17,20,23H,12-15H2,1-4H3,(H,27,30). The normalized spacial score (nSPS) is 15.3. The van der Waals surface area contributed by atoms with Crippen LogP contribution in [0.3, 0.4) is 0 Å². The van der Waals surface area contributed by atoms with E-state index in [2.05, 4.69) is 5.32 Å². The van der Waals surface area contributed by atoms with Gasteiger partial charge in [-0.15, -0.1) is 0 Å². The minimum absolute atomic E-state index is 0.0464. The topological polar surface area (TPSA) is 75.7 Å². The van der Waals surface area contributed by atoms with Gasteiger partial charge in [-0.25, -0.2) is 0 Å². The van der Waals surface area contributed by atoms with Gasteiger partial charge in [0.05, 0.1) is 7.11 Å². The van der Waals surface area contributed by atoms with Crippen molar-refractivity contribution in [1.82, 2.24) is 10.2 Å². The summed E-state index contributed by atoms with van der Waals surface area (Å²) in [4.78, 5) is 40.5. The van der Waals surface area contributed by atoms with Crippen molar-refractivity contribution in [1.29, 1.82) is 0 Å². The summed E-state index contributed by atoms with van der Waals surface area (Å²) >= 11 is 0. The molecule has 0 saturated carbocycles. The molecule has 2 aromatic carbocycles. The maximum atomic E-state index is 13.2. The first-order chi connectivity index (χ1) is 15.3. The lowest BCUT2D eigenvalue weighted by atomic mass is 9.88. The first-order valence-electron chi connectivity index (χ1n) is 11.1. The van der Waals surface area contributed by atoms with Crippen LogP contribution in [0.5, 0.6) is 5.75 Å². The molecule has 1 fully saturated rings. The summed E-state index contributed by atoms with van der Waals surface area (Å²) in [6.45, 7) is 6.81. The number of benzene rings is 2. The number of hydrogen-bond donors (Lipinski definition) is 1. The Balaban J connectivity index is 1.60. The summed E-state index contributed by atoms with van der Waals surface area (Å²) in [7, 11) is 1.59. The highest BCUT2D eigenvalue weighted by Gasteiger charge is 2.33. The number of rotatable bonds is 7. The van der Waals surface area contributed by atoms with E-state index in [0.717, 1.165) is 11.3 Å². The van der Waals surface area contributed by atoms with E-state index in [1.54, 1.807) is 42.3 Å². The van der Waals surface area contributed by atoms with E-state index in [0.29, 0.717) is 37.1 Å². The molecule has 1 unspecified atom stereocenters. The van der Waals surface area contributed by atoms with Gasteiger partial charge in [-0.1, -0.05) is 31.5 Å². The molecule has 3 rings (SSSR count). The Morgan fingerprint density at radius 1 is 1.00 bits per heavy atom. The molecule has 0 aromatic heterocycles. The van der Waals surface area contributed by atoms with E-state index >= 15 is 0 Å². The quantitative estimate of drug-likeness (QED) is 0.669. The highest BCUT2D eigenvalue weighted by molar-refractivity contribution is 5.99. The molecule has 1 aliphatic heterocycles. The molecule has 0 aliphatic carbocycles. The largest absolute Gasteiger partial charge is 0.497 e. The molecule has 2 aromatic rings. The molecule has 6 heteroatoms. The van der Waals surface area contributed by atoms with Gasteiger partial charge in [-0.2, -0.15) is 0 Å². The van der Waals surface area contributed by atoms with Crippen molar-refractivity contribution in [2.24, 2.45) is 11.8 Å². The predicted molar refractivity (Wildman–Crippen MR) is 124 cm³/mol. The van der Waals surface area contributed by atoms with Crippen LogP contribution in [0.4, 0.5) is 0 Å². The Hall–Kier alpha value is -3.15. The second kappa shape index (κ2) is 10.4. The van der Waals surface area contributed by atoms with Gasteiger partial charge in [0.25, 0.3) is 5.91 Å². The number of hydrogen-bond acceptors (Lipinski definition) is 4. The predicted octanol–water partition coefficient (Wildman–Crippen LogP) is 3.88. The van der Waals surface area contributed by atoms with Gasteiger partial charge in [0, 0.05) is 30.1 Å². The van der Waals surface area contributed by atoms with Crippen LogP contribution in [0.1, 0.15) is 53.0 Å². The van der Waals surface area contributed by atoms with Crippen LogP contribution in [-0.4, -0.2) is 48.7 Å². The summed E-state index contributed by atoms with van der Waals surface area (Å²) in [5.41, 5.74) is 2.21. The number of aryl methyl sites for hydroxylation is 1. The Morgan fingerprint density at radius 3 is 2.22 bits per heavy atom. The van der Waals surface area contributed by atoms with Crippen molar-refractivity contribution in [2.75, 3.05) is 20.2 Å². The van der Waals surface area contributed by atoms with Crippen LogP contribution >= 0.6 is 0 Å². The second-order valence-electron chi connectivity index (χ2n) is 8.76. The molecule has 1 N–H and O–H groups in total. The fourth-order valence-electron chi connectivity index (χ4n) is 4.07. The molecule has 170 valence electrons. The summed E-state index contributed by atoms with van der Waals surface area (Å²) < 4.78 is 5.15. The summed E-state index contributed by atoms with van der Waals surface area (Å²) in [6.07, 6.45) is 1.24. The Labute approximate surface area is 189 Å². The number of ketones is 1. The third-order valence-corrected chi connectivity index (χ3v) is 6.05. The average molecular weight is 437 g/mol. The Bertz CT molecular complexity index is 960. The maximum Gasteiger partial charge on any atom is 0.251 e. The van der Waals surface area contributed by atoms with Crippen molar-refractivity contribution in [3.8, 4) is 5.75 Å². The third kappa shape index (κ3) is 5.55. The number of ether oxygens (including phenoxy) is 1. The second-order valence-corrected chi connectivity index (χ2v) is 8.76. The third-order valence-electron chi connectivity index (χ3n) is 6.05. The van der Waals surface area contributed by atoms with Gasteiger partial charge in [-0.3, -0.25) is 14.4 Å². The number of nitrogens with one attached hydrogen (secondary N) is 1. The molecular weight excluding hydrogens is 404 g/mol. The summed E-state index contributed by atoms with van der Waals surface area (Å²) in [5, 5.41) is 2.92. The van der Waals surface area contributed by atoms with E-state index in [1.807, 2.05) is 39.0 Å². The van der Waals surface area contributed by atoms with Gasteiger partial charge in [0.2, 0.25) is 5.91 Å². The first-order valence-corrected chi connectivity index (χ1v) is 11.1. The first kappa shape index (κ1) is 23.5. The van der Waals surface area contributed by atoms with Gasteiger partial charge < -0.3 is 15.0 Å². The number of nitrogens with zero attached hydrogens (tertiary/aromatic N) is 1. The average Bonchev–Trinajstić information content (AvgIpc) is 2.81. The number of Topliss-reactive ketones (excluding diaryl/α,β-unsaturated/α-hetero) is 1. The molecule has 32 heavy (non-hydrogen) atoms. The van der Waals surface area contributed by atoms with Crippen molar-refractivity contribution < 1.29 is 19.1 Å². The Kier molecular flexibility index (Phi) is 7.67.